The number of para-hydroxylation sites is 1. The summed E-state index contributed by atoms with van der Waals surface area (Å²) in [5.41, 5.74) is 2.56. The van der Waals surface area contributed by atoms with Crippen molar-refractivity contribution in [2.24, 2.45) is 0 Å². The van der Waals surface area contributed by atoms with Gasteiger partial charge in [0.1, 0.15) is 5.58 Å². The Bertz CT molecular complexity index is 792. The van der Waals surface area contributed by atoms with Gasteiger partial charge in [-0.2, -0.15) is 11.8 Å². The summed E-state index contributed by atoms with van der Waals surface area (Å²) in [6.07, 6.45) is 2.01. The molecule has 3 rings (SSSR count). The normalized spacial score (nSPS) is 11.0. The Kier molecular flexibility index (Phi) is 3.98. The van der Waals surface area contributed by atoms with Gasteiger partial charge in [0.25, 0.3) is 5.91 Å². The number of aryl methyl sites for hydroxylation is 1. The molecule has 0 aliphatic heterocycles. The Hall–Kier alpha value is -1.79. The van der Waals surface area contributed by atoms with Crippen LogP contribution in [0.1, 0.15) is 21.8 Å². The van der Waals surface area contributed by atoms with Crippen LogP contribution in [0.5, 0.6) is 0 Å². The van der Waals surface area contributed by atoms with Crippen molar-refractivity contribution in [3.8, 4) is 0 Å². The molecule has 4 nitrogen and oxygen atoms in total. The zero-order chi connectivity index (χ0) is 14.8. The number of carbonyl (C=O) groups is 1. The number of amides is 1. The maximum absolute atomic E-state index is 12.4. The highest BCUT2D eigenvalue weighted by molar-refractivity contribution is 7.97. The first-order valence-electron chi connectivity index (χ1n) is 6.42. The summed E-state index contributed by atoms with van der Waals surface area (Å²) in [5.74, 6) is 0.861. The van der Waals surface area contributed by atoms with Crippen LogP contribution in [-0.4, -0.2) is 17.1 Å². The van der Waals surface area contributed by atoms with Gasteiger partial charge in [-0.05, 0) is 19.2 Å². The summed E-state index contributed by atoms with van der Waals surface area (Å²) in [6, 6.07) is 7.71. The van der Waals surface area contributed by atoms with Crippen LogP contribution < -0.4 is 5.32 Å². The molecule has 0 spiro atoms. The minimum atomic E-state index is -0.246. The summed E-state index contributed by atoms with van der Waals surface area (Å²) in [4.78, 5) is 16.7. The molecule has 2 heterocycles. The maximum atomic E-state index is 12.4. The number of anilines is 1. The molecule has 0 saturated carbocycles. The predicted molar refractivity (Wildman–Crippen MR) is 88.2 cm³/mol. The van der Waals surface area contributed by atoms with Crippen molar-refractivity contribution in [1.29, 1.82) is 0 Å². The fourth-order valence-corrected chi connectivity index (χ4v) is 3.39. The number of rotatable bonds is 4. The Balaban J connectivity index is 1.98. The van der Waals surface area contributed by atoms with E-state index in [1.54, 1.807) is 11.8 Å². The number of aromatic nitrogens is 1. The fourth-order valence-electron chi connectivity index (χ4n) is 2.14. The number of hydrogen-bond acceptors (Lipinski definition) is 5. The van der Waals surface area contributed by atoms with E-state index in [0.717, 1.165) is 28.0 Å². The highest BCUT2D eigenvalue weighted by Crippen LogP contribution is 2.29. The van der Waals surface area contributed by atoms with Gasteiger partial charge in [-0.1, -0.05) is 18.2 Å². The van der Waals surface area contributed by atoms with Gasteiger partial charge in [0.2, 0.25) is 0 Å². The summed E-state index contributed by atoms with van der Waals surface area (Å²) < 4.78 is 5.74. The van der Waals surface area contributed by atoms with Crippen molar-refractivity contribution < 1.29 is 9.21 Å². The predicted octanol–water partition coefficient (Wildman–Crippen LogP) is 4.31. The van der Waals surface area contributed by atoms with E-state index in [1.807, 2.05) is 42.8 Å². The third-order valence-electron chi connectivity index (χ3n) is 3.03. The molecule has 0 bridgehead atoms. The van der Waals surface area contributed by atoms with E-state index < -0.39 is 0 Å². The second-order valence-electron chi connectivity index (χ2n) is 4.59. The van der Waals surface area contributed by atoms with Crippen LogP contribution in [0, 0.1) is 6.92 Å². The highest BCUT2D eigenvalue weighted by Gasteiger charge is 2.20. The summed E-state index contributed by atoms with van der Waals surface area (Å²) >= 11 is 3.07. The molecular weight excluding hydrogens is 304 g/mol. The number of benzene rings is 1. The van der Waals surface area contributed by atoms with Crippen molar-refractivity contribution in [2.45, 2.75) is 12.7 Å². The molecule has 0 aliphatic carbocycles. The summed E-state index contributed by atoms with van der Waals surface area (Å²) in [7, 11) is 0. The van der Waals surface area contributed by atoms with Gasteiger partial charge >= 0.3 is 0 Å². The van der Waals surface area contributed by atoms with Crippen molar-refractivity contribution in [3.63, 3.8) is 0 Å². The van der Waals surface area contributed by atoms with E-state index >= 15 is 0 Å². The first-order valence-corrected chi connectivity index (χ1v) is 8.69. The van der Waals surface area contributed by atoms with Gasteiger partial charge in [0.15, 0.2) is 10.9 Å². The lowest BCUT2D eigenvalue weighted by Gasteiger charge is -2.01. The largest absolute Gasteiger partial charge is 0.451 e. The number of hydrogen-bond donors (Lipinski definition) is 1. The van der Waals surface area contributed by atoms with Gasteiger partial charge in [-0.25, -0.2) is 4.98 Å². The van der Waals surface area contributed by atoms with Crippen LogP contribution in [0.2, 0.25) is 0 Å². The van der Waals surface area contributed by atoms with Crippen LogP contribution in [0.3, 0.4) is 0 Å². The zero-order valence-corrected chi connectivity index (χ0v) is 13.3. The number of thioether (sulfide) groups is 1. The molecule has 0 radical (unpaired) electrons. The molecule has 1 aromatic carbocycles. The quantitative estimate of drug-likeness (QED) is 0.778. The van der Waals surface area contributed by atoms with Gasteiger partial charge in [0.05, 0.1) is 5.69 Å². The number of nitrogens with one attached hydrogen (secondary N) is 1. The standard InChI is InChI=1S/C15H14N2O2S2/c1-9-7-21-15(16-9)17-14(18)13-11(8-20-2)10-5-3-4-6-12(10)19-13/h3-7H,8H2,1-2H3,(H,16,17,18). The topological polar surface area (TPSA) is 55.1 Å². The van der Waals surface area contributed by atoms with Gasteiger partial charge in [0, 0.05) is 22.1 Å². The molecule has 21 heavy (non-hydrogen) atoms. The molecule has 0 unspecified atom stereocenters. The van der Waals surface area contributed by atoms with Crippen LogP contribution >= 0.6 is 23.1 Å². The summed E-state index contributed by atoms with van der Waals surface area (Å²) in [5, 5.41) is 6.29. The van der Waals surface area contributed by atoms with E-state index in [4.69, 9.17) is 4.42 Å². The Morgan fingerprint density at radius 2 is 2.24 bits per heavy atom. The Morgan fingerprint density at radius 1 is 1.43 bits per heavy atom. The average Bonchev–Trinajstić information content (AvgIpc) is 3.04. The lowest BCUT2D eigenvalue weighted by Crippen LogP contribution is -2.12. The maximum Gasteiger partial charge on any atom is 0.293 e. The van der Waals surface area contributed by atoms with E-state index in [2.05, 4.69) is 10.3 Å². The number of nitrogens with zero attached hydrogens (tertiary/aromatic N) is 1. The number of carbonyl (C=O) groups excluding carboxylic acids is 1. The van der Waals surface area contributed by atoms with Crippen LogP contribution in [-0.2, 0) is 5.75 Å². The Labute approximate surface area is 130 Å². The van der Waals surface area contributed by atoms with Crippen molar-refractivity contribution >= 4 is 45.1 Å². The van der Waals surface area contributed by atoms with Gasteiger partial charge < -0.3 is 4.42 Å². The van der Waals surface area contributed by atoms with Crippen LogP contribution in [0.15, 0.2) is 34.1 Å². The lowest BCUT2D eigenvalue weighted by atomic mass is 10.1. The first kappa shape index (κ1) is 14.2. The van der Waals surface area contributed by atoms with Crippen molar-refractivity contribution in [2.75, 3.05) is 11.6 Å². The van der Waals surface area contributed by atoms with Crippen molar-refractivity contribution in [1.82, 2.24) is 4.98 Å². The van der Waals surface area contributed by atoms with Crippen LogP contribution in [0.25, 0.3) is 11.0 Å². The van der Waals surface area contributed by atoms with Crippen molar-refractivity contribution in [3.05, 3.63) is 46.7 Å². The van der Waals surface area contributed by atoms with E-state index in [9.17, 15) is 4.79 Å². The van der Waals surface area contributed by atoms with Gasteiger partial charge in [-0.15, -0.1) is 11.3 Å². The molecule has 0 aliphatic rings. The Morgan fingerprint density at radius 3 is 2.95 bits per heavy atom. The number of furan rings is 1. The van der Waals surface area contributed by atoms with Crippen LogP contribution in [0.4, 0.5) is 5.13 Å². The average molecular weight is 318 g/mol. The number of fused-ring (bicyclic) bond motifs is 1. The molecule has 2 aromatic heterocycles. The second-order valence-corrected chi connectivity index (χ2v) is 6.31. The third kappa shape index (κ3) is 2.82. The molecular formula is C15H14N2O2S2. The molecule has 1 N–H and O–H groups in total. The van der Waals surface area contributed by atoms with Gasteiger partial charge in [-0.3, -0.25) is 10.1 Å². The first-order chi connectivity index (χ1) is 10.2. The molecule has 0 saturated heterocycles. The minimum absolute atomic E-state index is 0.246. The molecule has 6 heteroatoms. The van der Waals surface area contributed by atoms with E-state index in [0.29, 0.717) is 10.9 Å². The molecule has 0 fully saturated rings. The third-order valence-corrected chi connectivity index (χ3v) is 4.49. The SMILES string of the molecule is CSCc1c(C(=O)Nc2nc(C)cs2)oc2ccccc12. The molecule has 1 amide bonds. The molecule has 0 atom stereocenters. The lowest BCUT2D eigenvalue weighted by molar-refractivity contribution is 0.0998. The molecule has 3 aromatic rings. The zero-order valence-electron chi connectivity index (χ0n) is 11.7. The second kappa shape index (κ2) is 5.91. The summed E-state index contributed by atoms with van der Waals surface area (Å²) in [6.45, 7) is 1.90. The molecule has 108 valence electrons. The number of thiazole rings is 1. The fraction of sp³-hybridized carbons (Fsp3) is 0.200. The minimum Gasteiger partial charge on any atom is -0.451 e. The van der Waals surface area contributed by atoms with E-state index in [1.165, 1.54) is 11.3 Å². The monoisotopic (exact) mass is 318 g/mol. The van der Waals surface area contributed by atoms with E-state index in [-0.39, 0.29) is 5.91 Å². The smallest absolute Gasteiger partial charge is 0.293 e. The highest BCUT2D eigenvalue weighted by atomic mass is 32.2.